The Morgan fingerprint density at radius 2 is 1.97 bits per heavy atom. The van der Waals surface area contributed by atoms with E-state index in [9.17, 15) is 15.3 Å². The van der Waals surface area contributed by atoms with Crippen LogP contribution in [0.1, 0.15) is 19.6 Å². The second-order valence-corrected chi connectivity index (χ2v) is 8.26. The van der Waals surface area contributed by atoms with Gasteiger partial charge in [0, 0.05) is 12.1 Å². The van der Waals surface area contributed by atoms with Crippen LogP contribution >= 0.6 is 0 Å². The molecule has 5 N–H and O–H groups in total. The van der Waals surface area contributed by atoms with Gasteiger partial charge in [-0.1, -0.05) is 19.1 Å². The van der Waals surface area contributed by atoms with E-state index in [1.54, 1.807) is 17.9 Å². The fraction of sp³-hybridized carbons (Fsp3) is 0.391. The number of imidazole rings is 1. The number of hydrogen-bond donors (Lipinski definition) is 5. The normalized spacial score (nSPS) is 22.1. The average molecular weight is 482 g/mol. The minimum atomic E-state index is -1.27. The fourth-order valence-corrected chi connectivity index (χ4v) is 4.14. The van der Waals surface area contributed by atoms with Gasteiger partial charge in [-0.2, -0.15) is 5.10 Å². The summed E-state index contributed by atoms with van der Waals surface area (Å²) in [5.74, 6) is 1.63. The first-order valence-electron chi connectivity index (χ1n) is 11.3. The molecule has 0 bridgehead atoms. The minimum absolute atomic E-state index is 0.368. The van der Waals surface area contributed by atoms with Crippen LogP contribution in [0.5, 0.6) is 5.75 Å². The number of nitrogens with one attached hydrogen (secondary N) is 2. The van der Waals surface area contributed by atoms with Crippen LogP contribution in [-0.4, -0.2) is 83.6 Å². The Kier molecular flexibility index (Phi) is 6.34. The standard InChI is InChI=1S/C23H27N7O5/c1-3-8-24-20-17-22(30(11-25-17)23-19(33)18(32)15(10-31)35-23)28-21(27-20)16-14(9-26-29-16)12-4-6-13(34-2)7-5-12/h4-7,9,11,15,18-19,23,31-33H,3,8,10H2,1-2H3,(H,26,29)(H,24,27,28)/t15-,18-,19-,23-/m1/s1. The first-order chi connectivity index (χ1) is 17.0. The smallest absolute Gasteiger partial charge is 0.182 e. The van der Waals surface area contributed by atoms with Crippen LogP contribution in [0.3, 0.4) is 0 Å². The highest BCUT2D eigenvalue weighted by Crippen LogP contribution is 2.35. The molecule has 4 aromatic rings. The van der Waals surface area contributed by atoms with Crippen molar-refractivity contribution in [3.8, 4) is 28.4 Å². The van der Waals surface area contributed by atoms with Gasteiger partial charge < -0.3 is 30.1 Å². The van der Waals surface area contributed by atoms with Gasteiger partial charge in [-0.05, 0) is 24.1 Å². The van der Waals surface area contributed by atoms with Crippen molar-refractivity contribution < 1.29 is 24.8 Å². The van der Waals surface area contributed by atoms with Gasteiger partial charge in [0.05, 0.1) is 26.2 Å². The van der Waals surface area contributed by atoms with E-state index in [1.165, 1.54) is 6.33 Å². The number of fused-ring (bicyclic) bond motifs is 1. The molecule has 1 saturated heterocycles. The number of aromatic amines is 1. The Morgan fingerprint density at radius 3 is 2.66 bits per heavy atom. The van der Waals surface area contributed by atoms with Gasteiger partial charge in [0.25, 0.3) is 0 Å². The molecule has 0 spiro atoms. The molecule has 0 aliphatic carbocycles. The number of aliphatic hydroxyl groups excluding tert-OH is 3. The highest BCUT2D eigenvalue weighted by atomic mass is 16.6. The predicted molar refractivity (Wildman–Crippen MR) is 127 cm³/mol. The maximum atomic E-state index is 10.6. The lowest BCUT2D eigenvalue weighted by Gasteiger charge is -2.17. The molecule has 5 rings (SSSR count). The molecule has 12 heteroatoms. The Hall–Kier alpha value is -3.58. The van der Waals surface area contributed by atoms with Crippen molar-refractivity contribution in [1.82, 2.24) is 29.7 Å². The largest absolute Gasteiger partial charge is 0.497 e. The zero-order valence-corrected chi connectivity index (χ0v) is 19.3. The van der Waals surface area contributed by atoms with Crippen LogP contribution in [0.25, 0.3) is 33.8 Å². The molecule has 1 fully saturated rings. The number of nitrogens with zero attached hydrogens (tertiary/aromatic N) is 5. The van der Waals surface area contributed by atoms with E-state index < -0.39 is 31.1 Å². The number of anilines is 1. The van der Waals surface area contributed by atoms with E-state index in [0.717, 1.165) is 23.3 Å². The lowest BCUT2D eigenvalue weighted by molar-refractivity contribution is -0.0511. The molecule has 0 amide bonds. The summed E-state index contributed by atoms with van der Waals surface area (Å²) < 4.78 is 12.5. The number of methoxy groups -OCH3 is 1. The third-order valence-electron chi connectivity index (χ3n) is 6.02. The Balaban J connectivity index is 1.62. The van der Waals surface area contributed by atoms with Crippen molar-refractivity contribution in [3.63, 3.8) is 0 Å². The number of aliphatic hydroxyl groups is 3. The average Bonchev–Trinajstić information content (AvgIpc) is 3.61. The monoisotopic (exact) mass is 481 g/mol. The van der Waals surface area contributed by atoms with Crippen molar-refractivity contribution in [1.29, 1.82) is 0 Å². The van der Waals surface area contributed by atoms with Gasteiger partial charge >= 0.3 is 0 Å². The molecule has 184 valence electrons. The molecule has 1 aromatic carbocycles. The number of hydrogen-bond acceptors (Lipinski definition) is 10. The van der Waals surface area contributed by atoms with E-state index in [0.29, 0.717) is 35.0 Å². The molecule has 3 aromatic heterocycles. The summed E-state index contributed by atoms with van der Waals surface area (Å²) in [6.07, 6.45) is -0.340. The van der Waals surface area contributed by atoms with Crippen molar-refractivity contribution >= 4 is 17.0 Å². The highest BCUT2D eigenvalue weighted by molar-refractivity contribution is 5.87. The summed E-state index contributed by atoms with van der Waals surface area (Å²) in [6, 6.07) is 7.57. The lowest BCUT2D eigenvalue weighted by atomic mass is 10.1. The molecular weight excluding hydrogens is 454 g/mol. The quantitative estimate of drug-likeness (QED) is 0.248. The fourth-order valence-electron chi connectivity index (χ4n) is 4.14. The first-order valence-corrected chi connectivity index (χ1v) is 11.3. The second kappa shape index (κ2) is 9.58. The zero-order chi connectivity index (χ0) is 24.5. The second-order valence-electron chi connectivity index (χ2n) is 8.26. The molecule has 0 unspecified atom stereocenters. The minimum Gasteiger partial charge on any atom is -0.497 e. The Bertz CT molecular complexity index is 1310. The summed E-state index contributed by atoms with van der Waals surface area (Å²) in [6.45, 7) is 2.28. The number of aromatic nitrogens is 6. The molecule has 4 heterocycles. The molecule has 0 radical (unpaired) electrons. The molecule has 0 saturated carbocycles. The van der Waals surface area contributed by atoms with Crippen LogP contribution < -0.4 is 10.1 Å². The lowest BCUT2D eigenvalue weighted by Crippen LogP contribution is -2.33. The third-order valence-corrected chi connectivity index (χ3v) is 6.02. The molecule has 12 nitrogen and oxygen atoms in total. The topological polar surface area (TPSA) is 163 Å². The summed E-state index contributed by atoms with van der Waals surface area (Å²) in [5.41, 5.74) is 3.19. The van der Waals surface area contributed by atoms with Crippen molar-refractivity contribution in [2.24, 2.45) is 0 Å². The Labute approximate surface area is 200 Å². The van der Waals surface area contributed by atoms with E-state index in [4.69, 9.17) is 19.4 Å². The molecular formula is C23H27N7O5. The van der Waals surface area contributed by atoms with Crippen LogP contribution in [0.4, 0.5) is 5.82 Å². The molecule has 1 aliphatic rings. The summed E-state index contributed by atoms with van der Waals surface area (Å²) >= 11 is 0. The van der Waals surface area contributed by atoms with Crippen molar-refractivity contribution in [2.45, 2.75) is 37.9 Å². The number of H-pyrrole nitrogens is 1. The van der Waals surface area contributed by atoms with Crippen LogP contribution in [-0.2, 0) is 4.74 Å². The SMILES string of the molecule is CCCNc1nc(-c2[nH]ncc2-c2ccc(OC)cc2)nc2c1ncn2[C@@H]1O[C@H](CO)[C@@H](O)[C@H]1O. The van der Waals surface area contributed by atoms with Gasteiger partial charge in [-0.25, -0.2) is 15.0 Å². The zero-order valence-electron chi connectivity index (χ0n) is 19.3. The summed E-state index contributed by atoms with van der Waals surface area (Å²) in [5, 5.41) is 40.8. The maximum absolute atomic E-state index is 10.6. The van der Waals surface area contributed by atoms with Gasteiger partial charge in [-0.3, -0.25) is 9.67 Å². The van der Waals surface area contributed by atoms with Gasteiger partial charge in [0.2, 0.25) is 0 Å². The molecule has 35 heavy (non-hydrogen) atoms. The van der Waals surface area contributed by atoms with Crippen molar-refractivity contribution in [3.05, 3.63) is 36.8 Å². The van der Waals surface area contributed by atoms with Gasteiger partial charge in [-0.15, -0.1) is 0 Å². The van der Waals surface area contributed by atoms with Crippen molar-refractivity contribution in [2.75, 3.05) is 25.6 Å². The summed E-state index contributed by atoms with van der Waals surface area (Å²) in [4.78, 5) is 13.9. The number of rotatable bonds is 8. The number of benzene rings is 1. The highest BCUT2D eigenvalue weighted by Gasteiger charge is 2.44. The van der Waals surface area contributed by atoms with Crippen LogP contribution in [0.2, 0.25) is 0 Å². The van der Waals surface area contributed by atoms with E-state index >= 15 is 0 Å². The molecule has 4 atom stereocenters. The maximum Gasteiger partial charge on any atom is 0.182 e. The first kappa shape index (κ1) is 23.2. The van der Waals surface area contributed by atoms with E-state index in [-0.39, 0.29) is 0 Å². The number of ether oxygens (including phenoxy) is 2. The predicted octanol–water partition coefficient (Wildman–Crippen LogP) is 1.33. The Morgan fingerprint density at radius 1 is 1.17 bits per heavy atom. The third kappa shape index (κ3) is 4.10. The van der Waals surface area contributed by atoms with E-state index in [1.807, 2.05) is 31.2 Å². The summed E-state index contributed by atoms with van der Waals surface area (Å²) in [7, 11) is 1.61. The van der Waals surface area contributed by atoms with Crippen LogP contribution in [0.15, 0.2) is 36.8 Å². The van der Waals surface area contributed by atoms with E-state index in [2.05, 4.69) is 20.5 Å². The van der Waals surface area contributed by atoms with Gasteiger partial charge in [0.15, 0.2) is 29.0 Å². The molecule has 1 aliphatic heterocycles. The van der Waals surface area contributed by atoms with Gasteiger partial charge in [0.1, 0.15) is 29.8 Å². The van der Waals surface area contributed by atoms with Crippen LogP contribution in [0, 0.1) is 0 Å².